The van der Waals surface area contributed by atoms with Crippen LogP contribution in [-0.4, -0.2) is 32.7 Å². The smallest absolute Gasteiger partial charge is 0.396 e. The van der Waals surface area contributed by atoms with Crippen molar-refractivity contribution >= 4 is 6.21 Å². The summed E-state index contributed by atoms with van der Waals surface area (Å²) in [6, 6.07) is 6.77. The average Bonchev–Trinajstić information content (AvgIpc) is 3.25. The topological polar surface area (TPSA) is 78.3 Å². The van der Waals surface area contributed by atoms with Gasteiger partial charge in [-0.1, -0.05) is 34.6 Å². The molecule has 26 heavy (non-hydrogen) atoms. The van der Waals surface area contributed by atoms with Crippen molar-refractivity contribution < 1.29 is 22.5 Å². The molecule has 0 aliphatic rings. The first-order valence-corrected chi connectivity index (χ1v) is 7.63. The van der Waals surface area contributed by atoms with Crippen molar-refractivity contribution in [1.29, 1.82) is 0 Å². The highest BCUT2D eigenvalue weighted by Gasteiger charge is 2.38. The van der Waals surface area contributed by atoms with Gasteiger partial charge >= 0.3 is 12.1 Å². The number of nitrogens with zero attached hydrogens (tertiary/aromatic N) is 5. The molecule has 0 aliphatic carbocycles. The fraction of sp³-hybridized carbons (Fsp3) is 0.250. The predicted molar refractivity (Wildman–Crippen MR) is 85.3 cm³/mol. The highest BCUT2D eigenvalue weighted by molar-refractivity contribution is 5.78. The Hall–Kier alpha value is -3.17. The Morgan fingerprint density at radius 2 is 2.04 bits per heavy atom. The average molecular weight is 365 g/mol. The number of halogens is 3. The fourth-order valence-electron chi connectivity index (χ4n) is 2.11. The Morgan fingerprint density at radius 1 is 1.27 bits per heavy atom. The number of benzene rings is 1. The quantitative estimate of drug-likeness (QED) is 0.494. The summed E-state index contributed by atoms with van der Waals surface area (Å²) in [6.45, 7) is 2.81. The number of alkyl halides is 3. The number of hydrogen-bond donors (Lipinski definition) is 0. The largest absolute Gasteiger partial charge is 0.471 e. The summed E-state index contributed by atoms with van der Waals surface area (Å²) in [6.07, 6.45) is 0.346. The molecule has 3 aromatic rings. The zero-order valence-corrected chi connectivity index (χ0v) is 13.6. The fourth-order valence-corrected chi connectivity index (χ4v) is 2.11. The molecule has 0 bridgehead atoms. The van der Waals surface area contributed by atoms with Crippen LogP contribution in [0.3, 0.4) is 0 Å². The molecule has 136 valence electrons. The predicted octanol–water partition coefficient (Wildman–Crippen LogP) is 3.37. The van der Waals surface area contributed by atoms with Crippen LogP contribution in [0.25, 0.3) is 11.4 Å². The summed E-state index contributed by atoms with van der Waals surface area (Å²) in [5.41, 5.74) is 2.13. The number of aromatic nitrogens is 4. The molecular weight excluding hydrogens is 351 g/mol. The van der Waals surface area contributed by atoms with E-state index in [2.05, 4.69) is 24.9 Å². The van der Waals surface area contributed by atoms with Gasteiger partial charge in [0.05, 0.1) is 19.0 Å². The van der Waals surface area contributed by atoms with Crippen LogP contribution in [0, 0.1) is 0 Å². The monoisotopic (exact) mass is 365 g/mol. The molecule has 0 saturated carbocycles. The molecule has 0 amide bonds. The van der Waals surface area contributed by atoms with E-state index in [1.54, 1.807) is 47.6 Å². The van der Waals surface area contributed by atoms with E-state index in [-0.39, 0.29) is 5.82 Å². The standard InChI is InChI=1S/C16H14F3N5O2/c1-2-25-21-8-12-7-20-24(10-12)9-11-3-5-13(6-4-11)14-22-15(26-23-14)16(17,18)19/h3-8,10H,2,9H2,1H3. The van der Waals surface area contributed by atoms with Crippen molar-refractivity contribution in [3.05, 3.63) is 53.7 Å². The van der Waals surface area contributed by atoms with E-state index in [1.807, 2.05) is 6.92 Å². The molecule has 0 unspecified atom stereocenters. The van der Waals surface area contributed by atoms with Gasteiger partial charge < -0.3 is 9.36 Å². The zero-order valence-electron chi connectivity index (χ0n) is 13.6. The van der Waals surface area contributed by atoms with Crippen molar-refractivity contribution in [3.63, 3.8) is 0 Å². The van der Waals surface area contributed by atoms with E-state index < -0.39 is 12.1 Å². The van der Waals surface area contributed by atoms with Gasteiger partial charge in [0.1, 0.15) is 6.61 Å². The molecule has 2 heterocycles. The summed E-state index contributed by atoms with van der Waals surface area (Å²) in [7, 11) is 0. The number of hydrogen-bond acceptors (Lipinski definition) is 6. The second-order valence-electron chi connectivity index (χ2n) is 5.24. The Balaban J connectivity index is 1.67. The summed E-state index contributed by atoms with van der Waals surface area (Å²) in [5.74, 6) is -1.48. The lowest BCUT2D eigenvalue weighted by atomic mass is 10.1. The van der Waals surface area contributed by atoms with Crippen molar-refractivity contribution in [2.45, 2.75) is 19.6 Å². The Morgan fingerprint density at radius 3 is 2.69 bits per heavy atom. The molecule has 0 N–H and O–H groups in total. The van der Waals surface area contributed by atoms with Crippen LogP contribution in [0.1, 0.15) is 23.9 Å². The van der Waals surface area contributed by atoms with Gasteiger partial charge in [-0.3, -0.25) is 4.68 Å². The molecule has 0 fully saturated rings. The van der Waals surface area contributed by atoms with Gasteiger partial charge in [-0.25, -0.2) is 0 Å². The lowest BCUT2D eigenvalue weighted by Crippen LogP contribution is -2.04. The summed E-state index contributed by atoms with van der Waals surface area (Å²) < 4.78 is 43.4. The summed E-state index contributed by atoms with van der Waals surface area (Å²) in [5, 5.41) is 11.3. The highest BCUT2D eigenvalue weighted by atomic mass is 19.4. The number of oxime groups is 1. The van der Waals surface area contributed by atoms with Crippen molar-refractivity contribution in [3.8, 4) is 11.4 Å². The van der Waals surface area contributed by atoms with Crippen LogP contribution in [0.5, 0.6) is 0 Å². The summed E-state index contributed by atoms with van der Waals surface area (Å²) in [4.78, 5) is 8.24. The Bertz CT molecular complexity index is 884. The van der Waals surface area contributed by atoms with Gasteiger partial charge in [0.15, 0.2) is 0 Å². The third kappa shape index (κ3) is 4.26. The third-order valence-corrected chi connectivity index (χ3v) is 3.28. The molecule has 2 aromatic heterocycles. The molecule has 1 aromatic carbocycles. The third-order valence-electron chi connectivity index (χ3n) is 3.28. The summed E-state index contributed by atoms with van der Waals surface area (Å²) >= 11 is 0. The Labute approximate surface area is 146 Å². The first-order valence-electron chi connectivity index (χ1n) is 7.63. The normalized spacial score (nSPS) is 12.0. The molecule has 0 saturated heterocycles. The van der Waals surface area contributed by atoms with Gasteiger partial charge in [-0.05, 0) is 12.5 Å². The van der Waals surface area contributed by atoms with Crippen molar-refractivity contribution in [2.24, 2.45) is 5.16 Å². The lowest BCUT2D eigenvalue weighted by Gasteiger charge is -2.02. The zero-order chi connectivity index (χ0) is 18.6. The van der Waals surface area contributed by atoms with Crippen LogP contribution >= 0.6 is 0 Å². The van der Waals surface area contributed by atoms with E-state index in [1.165, 1.54) is 0 Å². The highest BCUT2D eigenvalue weighted by Crippen LogP contribution is 2.29. The van der Waals surface area contributed by atoms with Crippen molar-refractivity contribution in [1.82, 2.24) is 19.9 Å². The van der Waals surface area contributed by atoms with Gasteiger partial charge in [0.25, 0.3) is 0 Å². The SMILES string of the molecule is CCON=Cc1cnn(Cc2ccc(-c3noc(C(F)(F)F)n3)cc2)c1. The Kier molecular flexibility index (Phi) is 5.01. The van der Waals surface area contributed by atoms with Crippen LogP contribution in [-0.2, 0) is 17.6 Å². The first kappa shape index (κ1) is 17.6. The van der Waals surface area contributed by atoms with Crippen LogP contribution in [0.4, 0.5) is 13.2 Å². The molecule has 0 spiro atoms. The van der Waals surface area contributed by atoms with Gasteiger partial charge in [0.2, 0.25) is 5.82 Å². The van der Waals surface area contributed by atoms with E-state index in [4.69, 9.17) is 4.84 Å². The van der Waals surface area contributed by atoms with E-state index >= 15 is 0 Å². The maximum atomic E-state index is 12.5. The maximum Gasteiger partial charge on any atom is 0.471 e. The molecule has 10 heteroatoms. The second-order valence-corrected chi connectivity index (χ2v) is 5.24. The maximum absolute atomic E-state index is 12.5. The van der Waals surface area contributed by atoms with E-state index in [0.717, 1.165) is 11.1 Å². The number of rotatable bonds is 6. The van der Waals surface area contributed by atoms with Gasteiger partial charge in [0, 0.05) is 17.3 Å². The molecule has 0 radical (unpaired) electrons. The van der Waals surface area contributed by atoms with Crippen LogP contribution in [0.2, 0.25) is 0 Å². The molecule has 3 rings (SSSR count). The van der Waals surface area contributed by atoms with E-state index in [0.29, 0.717) is 18.7 Å². The van der Waals surface area contributed by atoms with Gasteiger partial charge in [-0.15, -0.1) is 0 Å². The lowest BCUT2D eigenvalue weighted by molar-refractivity contribution is -0.159. The minimum atomic E-state index is -4.66. The van der Waals surface area contributed by atoms with Gasteiger partial charge in [-0.2, -0.15) is 23.3 Å². The minimum absolute atomic E-state index is 0.114. The first-order chi connectivity index (χ1) is 12.5. The molecule has 0 aliphatic heterocycles. The molecular formula is C16H14F3N5O2. The van der Waals surface area contributed by atoms with Crippen LogP contribution in [0.15, 0.2) is 46.3 Å². The van der Waals surface area contributed by atoms with E-state index in [9.17, 15) is 13.2 Å². The second kappa shape index (κ2) is 7.38. The van der Waals surface area contributed by atoms with Crippen LogP contribution < -0.4 is 0 Å². The molecule has 7 nitrogen and oxygen atoms in total. The minimum Gasteiger partial charge on any atom is -0.396 e. The van der Waals surface area contributed by atoms with Crippen molar-refractivity contribution in [2.75, 3.05) is 6.61 Å². The molecule has 0 atom stereocenters.